The molecule has 0 N–H and O–H groups in total. The first kappa shape index (κ1) is 20.0. The molecule has 6 heteroatoms. The zero-order chi connectivity index (χ0) is 20.7. The molecule has 0 bridgehead atoms. The van der Waals surface area contributed by atoms with Crippen LogP contribution in [0.5, 0.6) is 0 Å². The Kier molecular flexibility index (Phi) is 5.28. The number of nitrogens with zero attached hydrogens (tertiary/aromatic N) is 4. The van der Waals surface area contributed by atoms with E-state index < -0.39 is 0 Å². The van der Waals surface area contributed by atoms with Gasteiger partial charge in [0, 0.05) is 49.6 Å². The Hall–Kier alpha value is -1.98. The van der Waals surface area contributed by atoms with Crippen molar-refractivity contribution in [2.45, 2.75) is 76.5 Å². The van der Waals surface area contributed by atoms with Gasteiger partial charge in [-0.25, -0.2) is 9.97 Å². The summed E-state index contributed by atoms with van der Waals surface area (Å²) in [5, 5.41) is 0. The molecule has 1 atom stereocenters. The Morgan fingerprint density at radius 3 is 2.40 bits per heavy atom. The van der Waals surface area contributed by atoms with Crippen molar-refractivity contribution in [3.05, 3.63) is 23.3 Å². The monoisotopic (exact) mass is 410 g/mol. The van der Waals surface area contributed by atoms with Gasteiger partial charge >= 0.3 is 0 Å². The summed E-state index contributed by atoms with van der Waals surface area (Å²) in [5.41, 5.74) is 2.49. The van der Waals surface area contributed by atoms with Crippen LogP contribution >= 0.6 is 0 Å². The molecule has 6 nitrogen and oxygen atoms in total. The number of piperidine rings is 2. The predicted molar refractivity (Wildman–Crippen MR) is 114 cm³/mol. The molecule has 2 amide bonds. The van der Waals surface area contributed by atoms with Crippen LogP contribution in [0.15, 0.2) is 6.20 Å². The van der Waals surface area contributed by atoms with Gasteiger partial charge in [0.25, 0.3) is 0 Å². The van der Waals surface area contributed by atoms with Crippen LogP contribution in [0.25, 0.3) is 0 Å². The van der Waals surface area contributed by atoms with Gasteiger partial charge in [0.1, 0.15) is 5.82 Å². The third kappa shape index (κ3) is 3.52. The first-order valence-corrected chi connectivity index (χ1v) is 12.0. The van der Waals surface area contributed by atoms with E-state index >= 15 is 0 Å². The average molecular weight is 411 g/mol. The maximum absolute atomic E-state index is 13.4. The highest BCUT2D eigenvalue weighted by Crippen LogP contribution is 2.44. The van der Waals surface area contributed by atoms with Crippen LogP contribution in [0.4, 0.5) is 0 Å². The molecule has 2 aliphatic heterocycles. The summed E-state index contributed by atoms with van der Waals surface area (Å²) < 4.78 is 0. The second kappa shape index (κ2) is 7.93. The quantitative estimate of drug-likeness (QED) is 0.752. The van der Waals surface area contributed by atoms with Crippen molar-refractivity contribution in [1.82, 2.24) is 19.8 Å². The van der Waals surface area contributed by atoms with E-state index in [0.29, 0.717) is 11.8 Å². The zero-order valence-corrected chi connectivity index (χ0v) is 18.2. The molecule has 1 aromatic rings. The summed E-state index contributed by atoms with van der Waals surface area (Å²) >= 11 is 0. The largest absolute Gasteiger partial charge is 0.342 e. The number of aryl methyl sites for hydroxylation is 2. The molecule has 2 aliphatic carbocycles. The van der Waals surface area contributed by atoms with Crippen LogP contribution in [0, 0.1) is 18.8 Å². The molecule has 1 saturated carbocycles. The van der Waals surface area contributed by atoms with Gasteiger partial charge in [-0.15, -0.1) is 0 Å². The summed E-state index contributed by atoms with van der Waals surface area (Å²) in [5.74, 6) is 1.79. The standard InChI is InChI=1S/C24H34N4O2/c1-17-25-15-20-7-11-24(21(20)26-17)10-4-12-28(16-24)23(30)19-8-13-27(14-9-19)22(29)18-5-2-3-6-18/h15,18-19H,2-14,16H2,1H3. The Labute approximate surface area is 179 Å². The maximum Gasteiger partial charge on any atom is 0.225 e. The van der Waals surface area contributed by atoms with E-state index in [4.69, 9.17) is 4.98 Å². The summed E-state index contributed by atoms with van der Waals surface area (Å²) in [6.45, 7) is 5.12. The van der Waals surface area contributed by atoms with Crippen LogP contribution in [-0.4, -0.2) is 57.8 Å². The fraction of sp³-hybridized carbons (Fsp3) is 0.750. The summed E-state index contributed by atoms with van der Waals surface area (Å²) in [7, 11) is 0. The number of amides is 2. The van der Waals surface area contributed by atoms with E-state index in [1.54, 1.807) is 0 Å². The number of fused-ring (bicyclic) bond motifs is 2. The lowest BCUT2D eigenvalue weighted by Gasteiger charge is -2.43. The number of hydrogen-bond donors (Lipinski definition) is 0. The third-order valence-corrected chi connectivity index (χ3v) is 8.11. The van der Waals surface area contributed by atoms with E-state index in [1.165, 1.54) is 24.1 Å². The minimum absolute atomic E-state index is 0.0239. The van der Waals surface area contributed by atoms with E-state index in [0.717, 1.165) is 83.4 Å². The van der Waals surface area contributed by atoms with Crippen molar-refractivity contribution in [3.8, 4) is 0 Å². The minimum Gasteiger partial charge on any atom is -0.342 e. The van der Waals surface area contributed by atoms with Gasteiger partial charge < -0.3 is 9.80 Å². The van der Waals surface area contributed by atoms with Crippen molar-refractivity contribution < 1.29 is 9.59 Å². The molecule has 4 aliphatic rings. The van der Waals surface area contributed by atoms with Crippen LogP contribution in [0.2, 0.25) is 0 Å². The second-order valence-corrected chi connectivity index (χ2v) is 10.0. The minimum atomic E-state index is 0.0239. The molecule has 162 valence electrons. The normalized spacial score (nSPS) is 27.6. The predicted octanol–water partition coefficient (Wildman–Crippen LogP) is 3.02. The third-order valence-electron chi connectivity index (χ3n) is 8.11. The first-order chi connectivity index (χ1) is 14.6. The second-order valence-electron chi connectivity index (χ2n) is 10.0. The van der Waals surface area contributed by atoms with E-state index in [-0.39, 0.29) is 17.3 Å². The van der Waals surface area contributed by atoms with Gasteiger partial charge in [0.15, 0.2) is 0 Å². The Balaban J connectivity index is 1.22. The average Bonchev–Trinajstić information content (AvgIpc) is 3.42. The van der Waals surface area contributed by atoms with E-state index in [1.807, 2.05) is 18.0 Å². The Bertz CT molecular complexity index is 822. The highest BCUT2D eigenvalue weighted by molar-refractivity contribution is 5.81. The van der Waals surface area contributed by atoms with Crippen LogP contribution in [0.1, 0.15) is 74.9 Å². The van der Waals surface area contributed by atoms with Crippen molar-refractivity contribution >= 4 is 11.8 Å². The molecule has 2 saturated heterocycles. The molecule has 0 aromatic carbocycles. The SMILES string of the molecule is Cc1ncc2c(n1)C1(CCCN(C(=O)C3CCN(C(=O)C4CCCC4)CC3)C1)CC2. The van der Waals surface area contributed by atoms with Crippen LogP contribution in [0.3, 0.4) is 0 Å². The van der Waals surface area contributed by atoms with Gasteiger partial charge in [0.2, 0.25) is 11.8 Å². The first-order valence-electron chi connectivity index (χ1n) is 12.0. The molecular formula is C24H34N4O2. The number of aromatic nitrogens is 2. The Morgan fingerprint density at radius 2 is 1.63 bits per heavy atom. The summed E-state index contributed by atoms with van der Waals surface area (Å²) in [4.78, 5) is 39.5. The number of hydrogen-bond acceptors (Lipinski definition) is 4. The molecule has 3 heterocycles. The molecule has 0 radical (unpaired) electrons. The maximum atomic E-state index is 13.4. The fourth-order valence-electron chi connectivity index (χ4n) is 6.38. The van der Waals surface area contributed by atoms with E-state index in [2.05, 4.69) is 9.88 Å². The van der Waals surface area contributed by atoms with Crippen LogP contribution in [-0.2, 0) is 21.4 Å². The molecule has 1 aromatic heterocycles. The van der Waals surface area contributed by atoms with Gasteiger partial charge in [-0.1, -0.05) is 12.8 Å². The van der Waals surface area contributed by atoms with Gasteiger partial charge in [0.05, 0.1) is 5.69 Å². The lowest BCUT2D eigenvalue weighted by molar-refractivity contribution is -0.143. The molecule has 3 fully saturated rings. The number of likely N-dealkylation sites (tertiary alicyclic amines) is 2. The fourth-order valence-corrected chi connectivity index (χ4v) is 6.38. The smallest absolute Gasteiger partial charge is 0.225 e. The zero-order valence-electron chi connectivity index (χ0n) is 18.2. The van der Waals surface area contributed by atoms with Crippen molar-refractivity contribution in [3.63, 3.8) is 0 Å². The lowest BCUT2D eigenvalue weighted by atomic mass is 9.77. The topological polar surface area (TPSA) is 66.4 Å². The van der Waals surface area contributed by atoms with Gasteiger partial charge in [-0.05, 0) is 63.9 Å². The van der Waals surface area contributed by atoms with Crippen molar-refractivity contribution in [2.24, 2.45) is 11.8 Å². The highest BCUT2D eigenvalue weighted by atomic mass is 16.2. The van der Waals surface area contributed by atoms with Crippen LogP contribution < -0.4 is 0 Å². The number of carbonyl (C=O) groups excluding carboxylic acids is 2. The van der Waals surface area contributed by atoms with Gasteiger partial charge in [-0.2, -0.15) is 0 Å². The van der Waals surface area contributed by atoms with Crippen molar-refractivity contribution in [1.29, 1.82) is 0 Å². The molecule has 1 spiro atoms. The highest BCUT2D eigenvalue weighted by Gasteiger charge is 2.45. The van der Waals surface area contributed by atoms with Gasteiger partial charge in [-0.3, -0.25) is 9.59 Å². The Morgan fingerprint density at radius 1 is 0.933 bits per heavy atom. The molecule has 30 heavy (non-hydrogen) atoms. The lowest BCUT2D eigenvalue weighted by Crippen LogP contribution is -2.51. The molecule has 1 unspecified atom stereocenters. The summed E-state index contributed by atoms with van der Waals surface area (Å²) in [6.07, 6.45) is 12.4. The molecular weight excluding hydrogens is 376 g/mol. The van der Waals surface area contributed by atoms with E-state index in [9.17, 15) is 9.59 Å². The molecule has 5 rings (SSSR count). The number of rotatable bonds is 2. The summed E-state index contributed by atoms with van der Waals surface area (Å²) in [6, 6.07) is 0. The number of carbonyl (C=O) groups is 2. The van der Waals surface area contributed by atoms with Crippen molar-refractivity contribution in [2.75, 3.05) is 26.2 Å².